The second-order valence-electron chi connectivity index (χ2n) is 5.28. The van der Waals surface area contributed by atoms with E-state index in [0.717, 1.165) is 34.6 Å². The summed E-state index contributed by atoms with van der Waals surface area (Å²) in [5.41, 5.74) is 1.14. The van der Waals surface area contributed by atoms with Crippen molar-refractivity contribution in [1.82, 2.24) is 14.8 Å². The fourth-order valence-electron chi connectivity index (χ4n) is 2.76. The van der Waals surface area contributed by atoms with E-state index >= 15 is 0 Å². The third kappa shape index (κ3) is 2.61. The van der Waals surface area contributed by atoms with Crippen LogP contribution < -0.4 is 14.8 Å². The topological polar surface area (TPSA) is 61.2 Å². The Balaban J connectivity index is 2.03. The SMILES string of the molecule is COc1ccc([C@H]2C[C@H](C)Nc3nc(SC)nn32)cc1OC. The summed E-state index contributed by atoms with van der Waals surface area (Å²) in [6, 6.07) is 6.50. The van der Waals surface area contributed by atoms with E-state index in [2.05, 4.69) is 28.4 Å². The Morgan fingerprint density at radius 3 is 2.73 bits per heavy atom. The molecule has 0 radical (unpaired) electrons. The standard InChI is InChI=1S/C15H20N4O2S/c1-9-7-11(19-14(16-9)17-15(18-19)22-4)10-5-6-12(20-2)13(8-10)21-3/h5-6,8-9,11H,7H2,1-4H3,(H,16,17,18)/t9-,11+/m0/s1. The van der Waals surface area contributed by atoms with Crippen LogP contribution in [0, 0.1) is 0 Å². The first kappa shape index (κ1) is 15.0. The Kier molecular flexibility index (Phi) is 4.15. The molecule has 0 spiro atoms. The van der Waals surface area contributed by atoms with Gasteiger partial charge in [-0.2, -0.15) is 4.98 Å². The summed E-state index contributed by atoms with van der Waals surface area (Å²) < 4.78 is 12.7. The highest BCUT2D eigenvalue weighted by Gasteiger charge is 2.28. The normalized spacial score (nSPS) is 20.2. The van der Waals surface area contributed by atoms with E-state index < -0.39 is 0 Å². The van der Waals surface area contributed by atoms with Gasteiger partial charge in [0.2, 0.25) is 11.1 Å². The molecule has 0 amide bonds. The van der Waals surface area contributed by atoms with Crippen molar-refractivity contribution in [3.63, 3.8) is 0 Å². The average molecular weight is 320 g/mol. The lowest BCUT2D eigenvalue weighted by molar-refractivity contribution is 0.352. The van der Waals surface area contributed by atoms with E-state index in [9.17, 15) is 0 Å². The van der Waals surface area contributed by atoms with Gasteiger partial charge in [0.05, 0.1) is 20.3 Å². The van der Waals surface area contributed by atoms with Gasteiger partial charge in [0.1, 0.15) is 0 Å². The van der Waals surface area contributed by atoms with Crippen molar-refractivity contribution >= 4 is 17.7 Å². The maximum absolute atomic E-state index is 5.42. The van der Waals surface area contributed by atoms with Gasteiger partial charge in [0, 0.05) is 6.04 Å². The van der Waals surface area contributed by atoms with Crippen molar-refractivity contribution in [2.45, 2.75) is 30.6 Å². The van der Waals surface area contributed by atoms with Gasteiger partial charge in [-0.15, -0.1) is 5.10 Å². The highest BCUT2D eigenvalue weighted by atomic mass is 32.2. The van der Waals surface area contributed by atoms with Gasteiger partial charge in [-0.3, -0.25) is 0 Å². The molecule has 1 aliphatic heterocycles. The van der Waals surface area contributed by atoms with Gasteiger partial charge < -0.3 is 14.8 Å². The van der Waals surface area contributed by atoms with E-state index in [0.29, 0.717) is 6.04 Å². The third-order valence-electron chi connectivity index (χ3n) is 3.83. The maximum Gasteiger partial charge on any atom is 0.222 e. The van der Waals surface area contributed by atoms with E-state index in [4.69, 9.17) is 9.47 Å². The van der Waals surface area contributed by atoms with Gasteiger partial charge in [-0.1, -0.05) is 17.8 Å². The number of anilines is 1. The van der Waals surface area contributed by atoms with E-state index in [1.807, 2.05) is 23.1 Å². The number of methoxy groups -OCH3 is 2. The molecular formula is C15H20N4O2S. The highest BCUT2D eigenvalue weighted by Crippen LogP contribution is 2.36. The number of nitrogens with one attached hydrogen (secondary N) is 1. The molecule has 1 N–H and O–H groups in total. The second-order valence-corrected chi connectivity index (χ2v) is 6.05. The minimum absolute atomic E-state index is 0.138. The van der Waals surface area contributed by atoms with Crippen molar-refractivity contribution in [2.24, 2.45) is 0 Å². The van der Waals surface area contributed by atoms with Crippen molar-refractivity contribution in [2.75, 3.05) is 25.8 Å². The van der Waals surface area contributed by atoms with Crippen LogP contribution in [0.15, 0.2) is 23.4 Å². The molecule has 7 heteroatoms. The second kappa shape index (κ2) is 6.08. The van der Waals surface area contributed by atoms with E-state index in [-0.39, 0.29) is 6.04 Å². The predicted molar refractivity (Wildman–Crippen MR) is 87.2 cm³/mol. The molecule has 1 aromatic carbocycles. The van der Waals surface area contributed by atoms with Gasteiger partial charge >= 0.3 is 0 Å². The molecule has 1 aliphatic rings. The zero-order chi connectivity index (χ0) is 15.7. The molecule has 1 aromatic heterocycles. The maximum atomic E-state index is 5.42. The molecule has 2 atom stereocenters. The molecule has 22 heavy (non-hydrogen) atoms. The van der Waals surface area contributed by atoms with Crippen molar-refractivity contribution < 1.29 is 9.47 Å². The van der Waals surface area contributed by atoms with E-state index in [1.54, 1.807) is 26.0 Å². The molecule has 2 aromatic rings. The van der Waals surface area contributed by atoms with Crippen molar-refractivity contribution in [1.29, 1.82) is 0 Å². The van der Waals surface area contributed by atoms with Crippen molar-refractivity contribution in [3.8, 4) is 11.5 Å². The lowest BCUT2D eigenvalue weighted by atomic mass is 9.98. The Hall–Kier alpha value is -1.89. The van der Waals surface area contributed by atoms with Crippen LogP contribution in [0.3, 0.4) is 0 Å². The fraction of sp³-hybridized carbons (Fsp3) is 0.467. The Labute approximate surface area is 134 Å². The summed E-state index contributed by atoms with van der Waals surface area (Å²) in [6.45, 7) is 2.16. The average Bonchev–Trinajstić information content (AvgIpc) is 2.96. The largest absolute Gasteiger partial charge is 0.493 e. The summed E-state index contributed by atoms with van der Waals surface area (Å²) in [6.07, 6.45) is 2.93. The first-order chi connectivity index (χ1) is 10.7. The molecule has 2 heterocycles. The molecule has 118 valence electrons. The van der Waals surface area contributed by atoms with Crippen LogP contribution in [0.5, 0.6) is 11.5 Å². The Morgan fingerprint density at radius 2 is 2.05 bits per heavy atom. The van der Waals surface area contributed by atoms with Gasteiger partial charge in [-0.25, -0.2) is 4.68 Å². The quantitative estimate of drug-likeness (QED) is 0.874. The molecule has 0 bridgehead atoms. The monoisotopic (exact) mass is 320 g/mol. The number of benzene rings is 1. The molecule has 0 saturated heterocycles. The van der Waals surface area contributed by atoms with Crippen LogP contribution in [-0.4, -0.2) is 41.3 Å². The summed E-state index contributed by atoms with van der Waals surface area (Å²) in [4.78, 5) is 4.52. The number of thioether (sulfide) groups is 1. The van der Waals surface area contributed by atoms with Crippen LogP contribution in [-0.2, 0) is 0 Å². The summed E-state index contributed by atoms with van der Waals surface area (Å²) in [5, 5.41) is 8.76. The summed E-state index contributed by atoms with van der Waals surface area (Å²) >= 11 is 1.55. The minimum atomic E-state index is 0.138. The van der Waals surface area contributed by atoms with Crippen LogP contribution in [0.4, 0.5) is 5.95 Å². The lowest BCUT2D eigenvalue weighted by Gasteiger charge is -2.29. The molecule has 6 nitrogen and oxygen atoms in total. The Bertz CT molecular complexity index is 674. The molecule has 0 aliphatic carbocycles. The number of aromatic nitrogens is 3. The van der Waals surface area contributed by atoms with Crippen LogP contribution in [0.25, 0.3) is 0 Å². The zero-order valence-electron chi connectivity index (χ0n) is 13.2. The molecule has 0 saturated carbocycles. The Morgan fingerprint density at radius 1 is 1.27 bits per heavy atom. The molecular weight excluding hydrogens is 300 g/mol. The first-order valence-electron chi connectivity index (χ1n) is 7.15. The number of fused-ring (bicyclic) bond motifs is 1. The number of ether oxygens (including phenoxy) is 2. The predicted octanol–water partition coefficient (Wildman–Crippen LogP) is 2.81. The van der Waals surface area contributed by atoms with Gasteiger partial charge in [0.15, 0.2) is 11.5 Å². The molecule has 0 fully saturated rings. The molecule has 3 rings (SSSR count). The lowest BCUT2D eigenvalue weighted by Crippen LogP contribution is -2.31. The zero-order valence-corrected chi connectivity index (χ0v) is 14.0. The number of hydrogen-bond acceptors (Lipinski definition) is 6. The minimum Gasteiger partial charge on any atom is -0.493 e. The van der Waals surface area contributed by atoms with Crippen LogP contribution in [0.1, 0.15) is 24.9 Å². The summed E-state index contributed by atoms with van der Waals surface area (Å²) in [7, 11) is 3.30. The van der Waals surface area contributed by atoms with Crippen molar-refractivity contribution in [3.05, 3.63) is 23.8 Å². The van der Waals surface area contributed by atoms with Gasteiger partial charge in [-0.05, 0) is 37.3 Å². The fourth-order valence-corrected chi connectivity index (χ4v) is 3.10. The number of hydrogen-bond donors (Lipinski definition) is 1. The first-order valence-corrected chi connectivity index (χ1v) is 8.37. The number of rotatable bonds is 4. The van der Waals surface area contributed by atoms with Crippen LogP contribution >= 0.6 is 11.8 Å². The molecule has 0 unspecified atom stereocenters. The van der Waals surface area contributed by atoms with Crippen LogP contribution in [0.2, 0.25) is 0 Å². The van der Waals surface area contributed by atoms with E-state index in [1.165, 1.54) is 0 Å². The number of nitrogens with zero attached hydrogens (tertiary/aromatic N) is 3. The van der Waals surface area contributed by atoms with Gasteiger partial charge in [0.25, 0.3) is 0 Å². The smallest absolute Gasteiger partial charge is 0.222 e. The highest BCUT2D eigenvalue weighted by molar-refractivity contribution is 7.98. The summed E-state index contributed by atoms with van der Waals surface area (Å²) in [5.74, 6) is 2.29. The third-order valence-corrected chi connectivity index (χ3v) is 4.37.